The first kappa shape index (κ1) is 22.5. The summed E-state index contributed by atoms with van der Waals surface area (Å²) in [6, 6.07) is 7.97. The number of anilines is 5. The molecule has 11 heteroatoms. The van der Waals surface area contributed by atoms with Crippen LogP contribution in [0.1, 0.15) is 12.8 Å². The molecule has 3 heterocycles. The van der Waals surface area contributed by atoms with Crippen LogP contribution in [0, 0.1) is 0 Å². The van der Waals surface area contributed by atoms with Crippen LogP contribution in [-0.4, -0.2) is 79.4 Å². The topological polar surface area (TPSA) is 164 Å². The molecule has 1 aromatic carbocycles. The lowest BCUT2D eigenvalue weighted by molar-refractivity contribution is 0.441. The fourth-order valence-corrected chi connectivity index (χ4v) is 4.37. The zero-order valence-electron chi connectivity index (χ0n) is 18.9. The largest absolute Gasteiger partial charge is 0.378 e. The summed E-state index contributed by atoms with van der Waals surface area (Å²) in [7, 11) is 4.01. The first-order chi connectivity index (χ1) is 15.3. The predicted octanol–water partition coefficient (Wildman–Crippen LogP) is -0.589. The van der Waals surface area contributed by atoms with E-state index in [1.165, 1.54) is 0 Å². The minimum atomic E-state index is -0.0241. The van der Waals surface area contributed by atoms with E-state index in [-0.39, 0.29) is 24.2 Å². The van der Waals surface area contributed by atoms with Crippen molar-refractivity contribution in [3.8, 4) is 0 Å². The highest BCUT2D eigenvalue weighted by Crippen LogP contribution is 2.25. The minimum absolute atomic E-state index is 0.0241. The maximum atomic E-state index is 6.22. The van der Waals surface area contributed by atoms with Gasteiger partial charge in [-0.2, -0.15) is 15.0 Å². The Balaban J connectivity index is 1.67. The number of nitrogens with two attached hydrogens (primary N) is 4. The second kappa shape index (κ2) is 9.41. The summed E-state index contributed by atoms with van der Waals surface area (Å²) in [5, 5.41) is 3.34. The monoisotopic (exact) mass is 441 g/mol. The van der Waals surface area contributed by atoms with E-state index in [1.54, 1.807) is 0 Å². The quantitative estimate of drug-likeness (QED) is 0.403. The molecule has 0 bridgehead atoms. The average Bonchev–Trinajstić information content (AvgIpc) is 2.72. The zero-order valence-corrected chi connectivity index (χ0v) is 18.9. The maximum Gasteiger partial charge on any atom is 0.233 e. The first-order valence-corrected chi connectivity index (χ1v) is 11.1. The molecule has 1 aromatic heterocycles. The van der Waals surface area contributed by atoms with Crippen molar-refractivity contribution in [1.29, 1.82) is 0 Å². The van der Waals surface area contributed by atoms with E-state index >= 15 is 0 Å². The second-order valence-electron chi connectivity index (χ2n) is 9.15. The predicted molar refractivity (Wildman–Crippen MR) is 129 cm³/mol. The molecule has 2 aliphatic heterocycles. The number of hydrogen-bond donors (Lipinski definition) is 5. The maximum absolute atomic E-state index is 6.22. The van der Waals surface area contributed by atoms with Gasteiger partial charge in [0.15, 0.2) is 0 Å². The lowest BCUT2D eigenvalue weighted by atomic mass is 10.0. The van der Waals surface area contributed by atoms with Crippen LogP contribution < -0.4 is 43.0 Å². The van der Waals surface area contributed by atoms with Crippen LogP contribution in [0.15, 0.2) is 24.3 Å². The van der Waals surface area contributed by atoms with Crippen LogP contribution in [0.4, 0.5) is 29.2 Å². The van der Waals surface area contributed by atoms with Gasteiger partial charge in [0.2, 0.25) is 17.8 Å². The third-order valence-corrected chi connectivity index (χ3v) is 5.83. The summed E-state index contributed by atoms with van der Waals surface area (Å²) in [6.45, 7) is 2.58. The molecule has 4 unspecified atom stereocenters. The normalized spacial score (nSPS) is 26.2. The molecule has 174 valence electrons. The van der Waals surface area contributed by atoms with Gasteiger partial charge in [-0.05, 0) is 31.0 Å². The Morgan fingerprint density at radius 1 is 0.812 bits per heavy atom. The van der Waals surface area contributed by atoms with Crippen molar-refractivity contribution in [3.63, 3.8) is 0 Å². The molecule has 0 spiro atoms. The SMILES string of the molecule is CN(C)c1cccc(Nc2nc(N3CC(N)CC(N)C3)nc(N3CC(N)CC(N)C3)n2)c1. The Hall–Kier alpha value is -2.73. The van der Waals surface area contributed by atoms with Gasteiger partial charge < -0.3 is 43.0 Å². The smallest absolute Gasteiger partial charge is 0.233 e. The van der Waals surface area contributed by atoms with E-state index in [9.17, 15) is 0 Å². The van der Waals surface area contributed by atoms with Crippen molar-refractivity contribution in [3.05, 3.63) is 24.3 Å². The van der Waals surface area contributed by atoms with Crippen LogP contribution in [0.25, 0.3) is 0 Å². The molecule has 0 amide bonds. The zero-order chi connectivity index (χ0) is 22.8. The van der Waals surface area contributed by atoms with E-state index in [4.69, 9.17) is 37.9 Å². The molecule has 0 saturated carbocycles. The molecular weight excluding hydrogens is 406 g/mol. The molecule has 0 aliphatic carbocycles. The van der Waals surface area contributed by atoms with Gasteiger partial charge in [0.1, 0.15) is 0 Å². The first-order valence-electron chi connectivity index (χ1n) is 11.1. The molecule has 4 atom stereocenters. The fourth-order valence-electron chi connectivity index (χ4n) is 4.37. The van der Waals surface area contributed by atoms with E-state index < -0.39 is 0 Å². The van der Waals surface area contributed by atoms with Crippen LogP contribution in [0.3, 0.4) is 0 Å². The summed E-state index contributed by atoms with van der Waals surface area (Å²) in [6.07, 6.45) is 1.57. The molecule has 2 fully saturated rings. The van der Waals surface area contributed by atoms with Gasteiger partial charge >= 0.3 is 0 Å². The molecule has 2 aromatic rings. The number of hydrogen-bond acceptors (Lipinski definition) is 11. The summed E-state index contributed by atoms with van der Waals surface area (Å²) in [5.41, 5.74) is 26.8. The van der Waals surface area contributed by atoms with Crippen LogP contribution in [0.5, 0.6) is 0 Å². The average molecular weight is 442 g/mol. The highest BCUT2D eigenvalue weighted by atomic mass is 15.4. The number of rotatable bonds is 5. The van der Waals surface area contributed by atoms with Gasteiger partial charge in [0, 0.05) is 75.8 Å². The van der Waals surface area contributed by atoms with Crippen molar-refractivity contribution in [2.45, 2.75) is 37.0 Å². The number of aromatic nitrogens is 3. The van der Waals surface area contributed by atoms with Crippen molar-refractivity contribution in [1.82, 2.24) is 15.0 Å². The van der Waals surface area contributed by atoms with Crippen LogP contribution >= 0.6 is 0 Å². The molecule has 32 heavy (non-hydrogen) atoms. The van der Waals surface area contributed by atoms with Crippen molar-refractivity contribution < 1.29 is 0 Å². The van der Waals surface area contributed by atoms with Gasteiger partial charge in [0.05, 0.1) is 0 Å². The van der Waals surface area contributed by atoms with Gasteiger partial charge in [-0.15, -0.1) is 0 Å². The van der Waals surface area contributed by atoms with Crippen LogP contribution in [-0.2, 0) is 0 Å². The summed E-state index contributed by atoms with van der Waals surface area (Å²) in [4.78, 5) is 20.3. The van der Waals surface area contributed by atoms with Crippen LogP contribution in [0.2, 0.25) is 0 Å². The third kappa shape index (κ3) is 5.36. The van der Waals surface area contributed by atoms with Gasteiger partial charge in [-0.1, -0.05) is 6.07 Å². The Morgan fingerprint density at radius 2 is 1.31 bits per heavy atom. The highest BCUT2D eigenvalue weighted by Gasteiger charge is 2.28. The molecule has 0 radical (unpaired) electrons. The van der Waals surface area contributed by atoms with Gasteiger partial charge in [0.25, 0.3) is 0 Å². The number of nitrogens with one attached hydrogen (secondary N) is 1. The summed E-state index contributed by atoms with van der Waals surface area (Å²) < 4.78 is 0. The Bertz CT molecular complexity index is 856. The van der Waals surface area contributed by atoms with Gasteiger partial charge in [-0.25, -0.2) is 0 Å². The van der Waals surface area contributed by atoms with Crippen molar-refractivity contribution >= 4 is 29.2 Å². The Kier molecular flexibility index (Phi) is 6.60. The molecule has 9 N–H and O–H groups in total. The summed E-state index contributed by atoms with van der Waals surface area (Å²) in [5.74, 6) is 1.57. The van der Waals surface area contributed by atoms with Crippen molar-refractivity contribution in [2.24, 2.45) is 22.9 Å². The van der Waals surface area contributed by atoms with E-state index in [0.717, 1.165) is 24.2 Å². The minimum Gasteiger partial charge on any atom is -0.378 e. The lowest BCUT2D eigenvalue weighted by Crippen LogP contribution is -2.54. The second-order valence-corrected chi connectivity index (χ2v) is 9.15. The van der Waals surface area contributed by atoms with E-state index in [0.29, 0.717) is 44.0 Å². The fraction of sp³-hybridized carbons (Fsp3) is 0.571. The molecular formula is C21H35N11. The van der Waals surface area contributed by atoms with Crippen molar-refractivity contribution in [2.75, 3.05) is 60.3 Å². The standard InChI is InChI=1S/C21H35N11/c1-30(2)18-5-3-4-17(8-18)26-19-27-20(31-9-13(22)6-14(23)10-31)29-21(28-19)32-11-15(24)7-16(25)12-32/h3-5,8,13-16H,6-7,9-12,22-25H2,1-2H3,(H,26,27,28,29). The highest BCUT2D eigenvalue weighted by molar-refractivity contribution is 5.63. The Morgan fingerprint density at radius 3 is 1.78 bits per heavy atom. The molecule has 2 aliphatic rings. The number of nitrogens with zero attached hydrogens (tertiary/aromatic N) is 6. The van der Waals surface area contributed by atoms with Gasteiger partial charge in [-0.3, -0.25) is 0 Å². The summed E-state index contributed by atoms with van der Waals surface area (Å²) >= 11 is 0. The number of piperidine rings is 2. The molecule has 4 rings (SSSR count). The van der Waals surface area contributed by atoms with E-state index in [1.807, 2.05) is 53.1 Å². The molecule has 2 saturated heterocycles. The third-order valence-electron chi connectivity index (χ3n) is 5.83. The number of benzene rings is 1. The molecule has 11 nitrogen and oxygen atoms in total. The Labute approximate surface area is 189 Å². The lowest BCUT2D eigenvalue weighted by Gasteiger charge is -2.37. The van der Waals surface area contributed by atoms with E-state index in [2.05, 4.69) is 5.32 Å².